The maximum absolute atomic E-state index is 12.5. The van der Waals surface area contributed by atoms with Crippen LogP contribution in [0.4, 0.5) is 0 Å². The van der Waals surface area contributed by atoms with Crippen molar-refractivity contribution in [2.45, 2.75) is 57.7 Å². The van der Waals surface area contributed by atoms with Crippen LogP contribution >= 0.6 is 34.2 Å². The number of ether oxygens (including phenoxy) is 1. The predicted molar refractivity (Wildman–Crippen MR) is 98.5 cm³/mol. The van der Waals surface area contributed by atoms with E-state index in [1.165, 1.54) is 0 Å². The molecule has 0 N–H and O–H groups in total. The maximum Gasteiger partial charge on any atom is 0.339 e. The van der Waals surface area contributed by atoms with Gasteiger partial charge in [0.05, 0.1) is 10.6 Å². The number of hydrogen-bond donors (Lipinski definition) is 0. The molecule has 0 radical (unpaired) electrons. The first-order chi connectivity index (χ1) is 10.0. The van der Waals surface area contributed by atoms with Crippen molar-refractivity contribution < 1.29 is 9.53 Å². The van der Waals surface area contributed by atoms with E-state index >= 15 is 0 Å². The fourth-order valence-corrected chi connectivity index (χ4v) is 3.92. The molecule has 1 aliphatic rings. The van der Waals surface area contributed by atoms with Crippen molar-refractivity contribution in [1.29, 1.82) is 0 Å². The molecule has 0 aliphatic carbocycles. The minimum absolute atomic E-state index is 0.0123. The molecule has 0 aromatic heterocycles. The van der Waals surface area contributed by atoms with Crippen LogP contribution in [0.15, 0.2) is 18.2 Å². The lowest BCUT2D eigenvalue weighted by Crippen LogP contribution is -2.60. The van der Waals surface area contributed by atoms with Crippen LogP contribution in [-0.4, -0.2) is 35.1 Å². The summed E-state index contributed by atoms with van der Waals surface area (Å²) >= 11 is 8.30. The Labute approximate surface area is 151 Å². The summed E-state index contributed by atoms with van der Waals surface area (Å²) in [4.78, 5) is 14.8. The summed E-state index contributed by atoms with van der Waals surface area (Å²) in [6.07, 6.45) is 1.54. The second kappa shape index (κ2) is 6.29. The summed E-state index contributed by atoms with van der Waals surface area (Å²) in [7, 11) is 2.13. The van der Waals surface area contributed by atoms with Gasteiger partial charge in [-0.05, 0) is 75.5 Å². The number of carbonyl (C=O) groups excluding carboxylic acids is 1. The lowest BCUT2D eigenvalue weighted by Gasteiger charge is -2.53. The quantitative estimate of drug-likeness (QED) is 0.496. The molecular formula is C17H23ClINO2. The predicted octanol–water partition coefficient (Wildman–Crippen LogP) is 4.75. The van der Waals surface area contributed by atoms with Crippen molar-refractivity contribution in [1.82, 2.24) is 4.90 Å². The van der Waals surface area contributed by atoms with Crippen molar-refractivity contribution in [3.8, 4) is 0 Å². The third-order valence-electron chi connectivity index (χ3n) is 4.69. The van der Waals surface area contributed by atoms with Gasteiger partial charge in [0.15, 0.2) is 0 Å². The van der Waals surface area contributed by atoms with E-state index in [1.807, 2.05) is 6.07 Å². The molecule has 0 saturated carbocycles. The van der Waals surface area contributed by atoms with Gasteiger partial charge in [-0.25, -0.2) is 4.79 Å². The molecule has 1 saturated heterocycles. The first kappa shape index (κ1) is 18.0. The first-order valence-electron chi connectivity index (χ1n) is 7.43. The van der Waals surface area contributed by atoms with Gasteiger partial charge >= 0.3 is 5.97 Å². The van der Waals surface area contributed by atoms with E-state index in [-0.39, 0.29) is 23.2 Å². The van der Waals surface area contributed by atoms with Gasteiger partial charge in [-0.15, -0.1) is 0 Å². The van der Waals surface area contributed by atoms with Crippen LogP contribution in [-0.2, 0) is 4.74 Å². The smallest absolute Gasteiger partial charge is 0.339 e. The molecule has 0 amide bonds. The molecular weight excluding hydrogens is 413 g/mol. The molecule has 0 spiro atoms. The molecule has 2 rings (SSSR count). The zero-order valence-corrected chi connectivity index (χ0v) is 16.7. The molecule has 1 fully saturated rings. The Hall–Kier alpha value is -0.330. The van der Waals surface area contributed by atoms with Crippen molar-refractivity contribution in [2.75, 3.05) is 7.05 Å². The Balaban J connectivity index is 2.17. The number of esters is 1. The summed E-state index contributed by atoms with van der Waals surface area (Å²) in [5.74, 6) is -0.329. The zero-order chi connectivity index (χ0) is 16.7. The number of benzene rings is 1. The fraction of sp³-hybridized carbons (Fsp3) is 0.588. The van der Waals surface area contributed by atoms with Gasteiger partial charge < -0.3 is 4.74 Å². The highest BCUT2D eigenvalue weighted by atomic mass is 127. The molecule has 5 heteroatoms. The minimum Gasteiger partial charge on any atom is -0.459 e. The van der Waals surface area contributed by atoms with Crippen molar-refractivity contribution in [3.05, 3.63) is 32.4 Å². The normalized spacial score (nSPS) is 21.6. The van der Waals surface area contributed by atoms with Gasteiger partial charge in [0.1, 0.15) is 6.10 Å². The average Bonchev–Trinajstić information content (AvgIpc) is 2.38. The third-order valence-corrected chi connectivity index (χ3v) is 5.69. The van der Waals surface area contributed by atoms with Crippen LogP contribution in [0.5, 0.6) is 0 Å². The highest BCUT2D eigenvalue weighted by Gasteiger charge is 2.44. The second-order valence-corrected chi connectivity index (χ2v) is 8.90. The second-order valence-electron chi connectivity index (χ2n) is 7.24. The Bertz CT molecular complexity index is 568. The average molecular weight is 436 g/mol. The van der Waals surface area contributed by atoms with Crippen molar-refractivity contribution in [2.24, 2.45) is 0 Å². The molecule has 22 heavy (non-hydrogen) atoms. The number of piperidine rings is 1. The molecule has 1 aromatic carbocycles. The molecule has 122 valence electrons. The molecule has 1 heterocycles. The monoisotopic (exact) mass is 435 g/mol. The van der Waals surface area contributed by atoms with Crippen LogP contribution in [0.25, 0.3) is 0 Å². The minimum atomic E-state index is -0.329. The van der Waals surface area contributed by atoms with E-state index in [2.05, 4.69) is 62.2 Å². The standard InChI is InChI=1S/C17H23ClINO2/c1-16(2)9-12(10-17(3,4)20(16)5)22-15(21)13-8-11(19)6-7-14(13)18/h6-8,12H,9-10H2,1-5H3. The number of likely N-dealkylation sites (tertiary alicyclic amines) is 1. The first-order valence-corrected chi connectivity index (χ1v) is 8.88. The van der Waals surface area contributed by atoms with E-state index in [0.717, 1.165) is 16.4 Å². The fourth-order valence-electron chi connectivity index (χ4n) is 3.23. The summed E-state index contributed by atoms with van der Waals surface area (Å²) < 4.78 is 6.75. The Morgan fingerprint density at radius 3 is 2.36 bits per heavy atom. The summed E-state index contributed by atoms with van der Waals surface area (Å²) in [6, 6.07) is 5.39. The molecule has 0 atom stereocenters. The maximum atomic E-state index is 12.5. The molecule has 0 bridgehead atoms. The topological polar surface area (TPSA) is 29.5 Å². The van der Waals surface area contributed by atoms with Crippen LogP contribution < -0.4 is 0 Å². The highest BCUT2D eigenvalue weighted by Crippen LogP contribution is 2.38. The number of rotatable bonds is 2. The Kier molecular flexibility index (Phi) is 5.15. The molecule has 3 nitrogen and oxygen atoms in total. The van der Waals surface area contributed by atoms with E-state index in [9.17, 15) is 4.79 Å². The third kappa shape index (κ3) is 3.77. The van der Waals surface area contributed by atoms with Gasteiger partial charge in [-0.1, -0.05) is 11.6 Å². The highest BCUT2D eigenvalue weighted by molar-refractivity contribution is 14.1. The van der Waals surface area contributed by atoms with Gasteiger partial charge in [0.2, 0.25) is 0 Å². The Morgan fingerprint density at radius 2 is 1.82 bits per heavy atom. The summed E-state index contributed by atoms with van der Waals surface area (Å²) in [5, 5.41) is 0.442. The van der Waals surface area contributed by atoms with Gasteiger partial charge in [0, 0.05) is 27.5 Å². The van der Waals surface area contributed by atoms with E-state index in [0.29, 0.717) is 10.6 Å². The lowest BCUT2D eigenvalue weighted by molar-refractivity contribution is -0.0732. The summed E-state index contributed by atoms with van der Waals surface area (Å²) in [6.45, 7) is 8.75. The van der Waals surface area contributed by atoms with Gasteiger partial charge in [-0.3, -0.25) is 4.90 Å². The van der Waals surface area contributed by atoms with Crippen LogP contribution in [0.1, 0.15) is 50.9 Å². The van der Waals surface area contributed by atoms with Crippen LogP contribution in [0.2, 0.25) is 5.02 Å². The zero-order valence-electron chi connectivity index (χ0n) is 13.7. The number of hydrogen-bond acceptors (Lipinski definition) is 3. The Morgan fingerprint density at radius 1 is 1.27 bits per heavy atom. The van der Waals surface area contributed by atoms with Crippen LogP contribution in [0.3, 0.4) is 0 Å². The lowest BCUT2D eigenvalue weighted by atomic mass is 9.79. The van der Waals surface area contributed by atoms with Gasteiger partial charge in [-0.2, -0.15) is 0 Å². The van der Waals surface area contributed by atoms with E-state index in [1.54, 1.807) is 12.1 Å². The van der Waals surface area contributed by atoms with Crippen molar-refractivity contribution in [3.63, 3.8) is 0 Å². The largest absolute Gasteiger partial charge is 0.459 e. The van der Waals surface area contributed by atoms with E-state index in [4.69, 9.17) is 16.3 Å². The SMILES string of the molecule is CN1C(C)(C)CC(OC(=O)c2cc(I)ccc2Cl)CC1(C)C. The van der Waals surface area contributed by atoms with E-state index < -0.39 is 0 Å². The van der Waals surface area contributed by atoms with Crippen molar-refractivity contribution >= 4 is 40.2 Å². The molecule has 0 unspecified atom stereocenters. The number of halogens is 2. The number of carbonyl (C=O) groups is 1. The summed E-state index contributed by atoms with van der Waals surface area (Å²) in [5.41, 5.74) is 0.423. The molecule has 1 aliphatic heterocycles. The van der Waals surface area contributed by atoms with Gasteiger partial charge in [0.25, 0.3) is 0 Å². The van der Waals surface area contributed by atoms with Crippen LogP contribution in [0, 0.1) is 3.57 Å². The molecule has 1 aromatic rings. The number of nitrogens with zero attached hydrogens (tertiary/aromatic N) is 1.